The summed E-state index contributed by atoms with van der Waals surface area (Å²) in [6.07, 6.45) is 4.88. The van der Waals surface area contributed by atoms with Crippen LogP contribution in [0.5, 0.6) is 5.75 Å². The van der Waals surface area contributed by atoms with Gasteiger partial charge < -0.3 is 15.5 Å². The van der Waals surface area contributed by atoms with Crippen molar-refractivity contribution in [2.45, 2.75) is 45.4 Å². The first-order valence-corrected chi connectivity index (χ1v) is 10.7. The first-order valence-electron chi connectivity index (χ1n) is 10.7. The van der Waals surface area contributed by atoms with Gasteiger partial charge in [-0.1, -0.05) is 32.9 Å². The van der Waals surface area contributed by atoms with E-state index in [0.717, 1.165) is 52.7 Å². The van der Waals surface area contributed by atoms with Gasteiger partial charge in [0.1, 0.15) is 5.75 Å². The van der Waals surface area contributed by atoms with Crippen LogP contribution in [0.25, 0.3) is 33.1 Å². The van der Waals surface area contributed by atoms with Crippen LogP contribution in [0.1, 0.15) is 44.7 Å². The summed E-state index contributed by atoms with van der Waals surface area (Å²) < 4.78 is 5.79. The minimum Gasteiger partial charge on any atom is -0.496 e. The van der Waals surface area contributed by atoms with Crippen molar-refractivity contribution in [3.63, 3.8) is 0 Å². The Morgan fingerprint density at radius 3 is 2.60 bits per heavy atom. The number of ether oxygens (including phenoxy) is 1. The van der Waals surface area contributed by atoms with Gasteiger partial charge in [0.05, 0.1) is 18.3 Å². The Hall–Kier alpha value is -2.85. The SMILES string of the molecule is COc1ccc2ncccc2c1-c1[nH]c2ccc(C(C)(C)C)cc2c1CCCCN. The van der Waals surface area contributed by atoms with E-state index in [9.17, 15) is 0 Å². The standard InChI is InChI=1S/C26H31N3O/c1-26(2,3)17-10-11-22-20(16-17)18(8-5-6-14-27)25(29-22)24-19-9-7-15-28-21(19)12-13-23(24)30-4/h7,9-13,15-16,29H,5-6,8,14,27H2,1-4H3. The topological polar surface area (TPSA) is 63.9 Å². The molecule has 156 valence electrons. The third kappa shape index (κ3) is 3.68. The second kappa shape index (κ2) is 8.11. The molecule has 0 spiro atoms. The number of benzene rings is 2. The summed E-state index contributed by atoms with van der Waals surface area (Å²) in [4.78, 5) is 8.28. The van der Waals surface area contributed by atoms with Crippen LogP contribution in [0, 0.1) is 0 Å². The fraction of sp³-hybridized carbons (Fsp3) is 0.346. The van der Waals surface area contributed by atoms with E-state index >= 15 is 0 Å². The summed E-state index contributed by atoms with van der Waals surface area (Å²) in [5.41, 5.74) is 12.9. The zero-order chi connectivity index (χ0) is 21.3. The zero-order valence-electron chi connectivity index (χ0n) is 18.4. The van der Waals surface area contributed by atoms with Crippen molar-refractivity contribution in [1.82, 2.24) is 9.97 Å². The van der Waals surface area contributed by atoms with E-state index in [1.807, 2.05) is 24.4 Å². The molecule has 4 aromatic rings. The molecule has 4 nitrogen and oxygen atoms in total. The van der Waals surface area contributed by atoms with Crippen LogP contribution in [0.3, 0.4) is 0 Å². The maximum atomic E-state index is 5.79. The highest BCUT2D eigenvalue weighted by Crippen LogP contribution is 2.41. The number of fused-ring (bicyclic) bond motifs is 2. The monoisotopic (exact) mass is 401 g/mol. The molecule has 0 aliphatic carbocycles. The lowest BCUT2D eigenvalue weighted by Gasteiger charge is -2.19. The highest BCUT2D eigenvalue weighted by Gasteiger charge is 2.21. The number of unbranched alkanes of at least 4 members (excludes halogenated alkanes) is 1. The second-order valence-corrected chi connectivity index (χ2v) is 8.95. The molecule has 0 aliphatic heterocycles. The highest BCUT2D eigenvalue weighted by atomic mass is 16.5. The smallest absolute Gasteiger partial charge is 0.128 e. The lowest BCUT2D eigenvalue weighted by Crippen LogP contribution is -2.10. The van der Waals surface area contributed by atoms with E-state index in [-0.39, 0.29) is 5.41 Å². The Kier molecular flexibility index (Phi) is 5.52. The normalized spacial score (nSPS) is 12.0. The predicted octanol–water partition coefficient (Wildman–Crippen LogP) is 5.97. The molecule has 3 N–H and O–H groups in total. The number of aromatic nitrogens is 2. The van der Waals surface area contributed by atoms with Gasteiger partial charge in [0.15, 0.2) is 0 Å². The minimum absolute atomic E-state index is 0.0984. The third-order valence-corrected chi connectivity index (χ3v) is 5.87. The zero-order valence-corrected chi connectivity index (χ0v) is 18.4. The van der Waals surface area contributed by atoms with Gasteiger partial charge in [-0.3, -0.25) is 4.98 Å². The van der Waals surface area contributed by atoms with Crippen molar-refractivity contribution in [1.29, 1.82) is 0 Å². The van der Waals surface area contributed by atoms with Crippen LogP contribution < -0.4 is 10.5 Å². The Bertz CT molecular complexity index is 1180. The molecule has 4 rings (SSSR count). The molecular formula is C26H31N3O. The van der Waals surface area contributed by atoms with Crippen molar-refractivity contribution in [2.75, 3.05) is 13.7 Å². The maximum Gasteiger partial charge on any atom is 0.128 e. The average Bonchev–Trinajstić information content (AvgIpc) is 3.10. The molecule has 0 saturated carbocycles. The van der Waals surface area contributed by atoms with Crippen LogP contribution in [0.2, 0.25) is 0 Å². The summed E-state index contributed by atoms with van der Waals surface area (Å²) in [7, 11) is 1.73. The Labute approximate surface area is 178 Å². The average molecular weight is 402 g/mol. The molecule has 4 heteroatoms. The van der Waals surface area contributed by atoms with Crippen molar-refractivity contribution >= 4 is 21.8 Å². The predicted molar refractivity (Wildman–Crippen MR) is 126 cm³/mol. The first-order chi connectivity index (χ1) is 14.4. The quantitative estimate of drug-likeness (QED) is 0.391. The number of pyridine rings is 1. The fourth-order valence-corrected chi connectivity index (χ4v) is 4.19. The summed E-state index contributed by atoms with van der Waals surface area (Å²) in [5.74, 6) is 0.859. The minimum atomic E-state index is 0.0984. The van der Waals surface area contributed by atoms with E-state index in [0.29, 0.717) is 6.54 Å². The molecule has 30 heavy (non-hydrogen) atoms. The summed E-state index contributed by atoms with van der Waals surface area (Å²) >= 11 is 0. The van der Waals surface area contributed by atoms with Crippen molar-refractivity contribution in [3.8, 4) is 17.0 Å². The molecule has 0 unspecified atom stereocenters. The van der Waals surface area contributed by atoms with Gasteiger partial charge in [-0.15, -0.1) is 0 Å². The number of aromatic amines is 1. The fourth-order valence-electron chi connectivity index (χ4n) is 4.19. The van der Waals surface area contributed by atoms with Crippen LogP contribution in [0.4, 0.5) is 0 Å². The van der Waals surface area contributed by atoms with E-state index in [1.54, 1.807) is 7.11 Å². The summed E-state index contributed by atoms with van der Waals surface area (Å²) in [6, 6.07) is 14.9. The molecule has 0 saturated heterocycles. The van der Waals surface area contributed by atoms with Crippen molar-refractivity contribution in [3.05, 3.63) is 59.8 Å². The number of nitrogens with one attached hydrogen (secondary N) is 1. The molecule has 2 aromatic heterocycles. The van der Waals surface area contributed by atoms with Crippen molar-refractivity contribution in [2.24, 2.45) is 5.73 Å². The van der Waals surface area contributed by atoms with Gasteiger partial charge in [-0.25, -0.2) is 0 Å². The van der Waals surface area contributed by atoms with Crippen LogP contribution >= 0.6 is 0 Å². The molecule has 0 radical (unpaired) electrons. The number of nitrogens with two attached hydrogens (primary N) is 1. The van der Waals surface area contributed by atoms with Crippen LogP contribution in [-0.2, 0) is 11.8 Å². The Morgan fingerprint density at radius 1 is 1.03 bits per heavy atom. The van der Waals surface area contributed by atoms with E-state index < -0.39 is 0 Å². The van der Waals surface area contributed by atoms with E-state index in [4.69, 9.17) is 10.5 Å². The van der Waals surface area contributed by atoms with E-state index in [1.165, 1.54) is 16.5 Å². The van der Waals surface area contributed by atoms with Gasteiger partial charge in [-0.05, 0) is 72.7 Å². The van der Waals surface area contributed by atoms with Gasteiger partial charge in [0, 0.05) is 28.0 Å². The molecule has 2 aromatic carbocycles. The molecular weight excluding hydrogens is 370 g/mol. The summed E-state index contributed by atoms with van der Waals surface area (Å²) in [6.45, 7) is 7.49. The maximum absolute atomic E-state index is 5.79. The lowest BCUT2D eigenvalue weighted by molar-refractivity contribution is 0.417. The second-order valence-electron chi connectivity index (χ2n) is 8.95. The molecule has 2 heterocycles. The van der Waals surface area contributed by atoms with Gasteiger partial charge >= 0.3 is 0 Å². The van der Waals surface area contributed by atoms with Gasteiger partial charge in [-0.2, -0.15) is 0 Å². The number of hydrogen-bond donors (Lipinski definition) is 2. The van der Waals surface area contributed by atoms with Gasteiger partial charge in [0.2, 0.25) is 0 Å². The number of rotatable bonds is 6. The number of hydrogen-bond acceptors (Lipinski definition) is 3. The molecule has 0 amide bonds. The Morgan fingerprint density at radius 2 is 1.87 bits per heavy atom. The molecule has 0 aliphatic rings. The molecule has 0 fully saturated rings. The lowest BCUT2D eigenvalue weighted by atomic mass is 9.86. The number of H-pyrrole nitrogens is 1. The molecule has 0 bridgehead atoms. The highest BCUT2D eigenvalue weighted by molar-refractivity contribution is 6.02. The van der Waals surface area contributed by atoms with Crippen LogP contribution in [0.15, 0.2) is 48.7 Å². The van der Waals surface area contributed by atoms with E-state index in [2.05, 4.69) is 55.0 Å². The summed E-state index contributed by atoms with van der Waals surface area (Å²) in [5, 5.41) is 2.39. The number of aryl methyl sites for hydroxylation is 1. The Balaban J connectivity index is 2.01. The van der Waals surface area contributed by atoms with Gasteiger partial charge in [0.25, 0.3) is 0 Å². The first kappa shape index (κ1) is 20.4. The largest absolute Gasteiger partial charge is 0.496 e. The van der Waals surface area contributed by atoms with Crippen LogP contribution in [-0.4, -0.2) is 23.6 Å². The van der Waals surface area contributed by atoms with Crippen molar-refractivity contribution < 1.29 is 4.74 Å². The molecule has 0 atom stereocenters. The number of nitrogens with zero attached hydrogens (tertiary/aromatic N) is 1. The third-order valence-electron chi connectivity index (χ3n) is 5.87. The number of methoxy groups -OCH3 is 1.